The third-order valence-corrected chi connectivity index (χ3v) is 16.5. The molecule has 0 aliphatic rings. The van der Waals surface area contributed by atoms with E-state index in [9.17, 15) is 19.2 Å². The van der Waals surface area contributed by atoms with E-state index >= 15 is 0 Å². The summed E-state index contributed by atoms with van der Waals surface area (Å²) in [5, 5.41) is 0. The van der Waals surface area contributed by atoms with Crippen molar-refractivity contribution in [2.45, 2.75) is 0 Å². The second-order valence-electron chi connectivity index (χ2n) is 23.1. The zero-order valence-corrected chi connectivity index (χ0v) is 59.3. The smallest absolute Gasteiger partial charge is 0.421 e. The van der Waals surface area contributed by atoms with Crippen LogP contribution >= 0.6 is 0 Å². The van der Waals surface area contributed by atoms with Crippen LogP contribution in [-0.2, 0) is 40.2 Å². The summed E-state index contributed by atoms with van der Waals surface area (Å²) in [7, 11) is 0. The van der Waals surface area contributed by atoms with E-state index in [1.54, 1.807) is 109 Å². The average Bonchev–Trinajstić information content (AvgIpc) is 0.791. The maximum absolute atomic E-state index is 14.1. The summed E-state index contributed by atoms with van der Waals surface area (Å²) in [6.45, 7) is 0. The van der Waals surface area contributed by atoms with Crippen molar-refractivity contribution in [3.63, 3.8) is 0 Å². The number of nitrogens with zero attached hydrogens (tertiary/aromatic N) is 6. The van der Waals surface area contributed by atoms with Gasteiger partial charge in [-0.05, 0) is 128 Å². The number of hydrogen-bond donors (Lipinski definition) is 0. The third kappa shape index (κ3) is 16.1. The van der Waals surface area contributed by atoms with Crippen LogP contribution in [0.1, 0.15) is 41.4 Å². The van der Waals surface area contributed by atoms with Crippen molar-refractivity contribution in [3.8, 4) is 135 Å². The fourth-order valence-electron chi connectivity index (χ4n) is 11.4. The molecule has 6 heterocycles. The minimum absolute atomic E-state index is 0. The Bertz CT molecular complexity index is 4960. The van der Waals surface area contributed by atoms with Gasteiger partial charge in [0.15, 0.2) is 0 Å². The molecule has 0 aliphatic heterocycles. The van der Waals surface area contributed by atoms with Crippen molar-refractivity contribution >= 4 is 23.9 Å². The molecule has 14 nitrogen and oxygen atoms in total. The quantitative estimate of drug-likeness (QED) is 0.0584. The topological polar surface area (TPSA) is 183 Å². The molecule has 0 saturated carbocycles. The number of esters is 4. The number of pyridine rings is 6. The average molecular weight is 1700 g/mol. The van der Waals surface area contributed by atoms with Crippen molar-refractivity contribution in [1.82, 2.24) is 29.9 Å². The SMILES string of the molecule is O=C(Oc1ccc(-c2[c-]cccc2)nc1)c1cc(C(=O)Oc2ccc(-c3[c-]cccc3)nc2)cc(-c2ccccc2-c2ccc(-c3[c-]cc(-c4ccc(-c5ccccc5-c5cc(C(=O)Oc6ccc(-c7[c-]cccc7)nc6)cc(C(=O)Oc6ccc(-c7[c-]cccc7)nc6)c5)cn4)[c-]c3)nc2)c1.[Ir+3].[Ir+3]. The van der Waals surface area contributed by atoms with Crippen LogP contribution in [0.5, 0.6) is 23.0 Å². The number of benzene rings is 9. The van der Waals surface area contributed by atoms with Gasteiger partial charge in [-0.3, -0.25) is 0 Å². The first-order valence-corrected chi connectivity index (χ1v) is 32.1. The van der Waals surface area contributed by atoms with Gasteiger partial charge in [-0.15, -0.1) is 144 Å². The molecule has 0 amide bonds. The van der Waals surface area contributed by atoms with Crippen LogP contribution in [0.2, 0.25) is 0 Å². The molecule has 6 aromatic heterocycles. The largest absolute Gasteiger partial charge is 3.00 e. The summed E-state index contributed by atoms with van der Waals surface area (Å²) in [5.74, 6) is -2.03. The minimum Gasteiger partial charge on any atom is -0.421 e. The van der Waals surface area contributed by atoms with E-state index < -0.39 is 23.9 Å². The van der Waals surface area contributed by atoms with Crippen LogP contribution in [0.3, 0.4) is 0 Å². The summed E-state index contributed by atoms with van der Waals surface area (Å²) in [6.07, 6.45) is 9.39. The van der Waals surface area contributed by atoms with Crippen molar-refractivity contribution in [1.29, 1.82) is 0 Å². The van der Waals surface area contributed by atoms with Gasteiger partial charge in [0.2, 0.25) is 0 Å². The maximum Gasteiger partial charge on any atom is 3.00 e. The molecule has 104 heavy (non-hydrogen) atoms. The Morgan fingerprint density at radius 2 is 0.490 bits per heavy atom. The van der Waals surface area contributed by atoms with E-state index in [-0.39, 0.29) is 85.5 Å². The second-order valence-corrected chi connectivity index (χ2v) is 23.1. The molecule has 0 fully saturated rings. The Hall–Kier alpha value is -12.9. The van der Waals surface area contributed by atoms with E-state index in [4.69, 9.17) is 28.9 Å². The molecule has 0 saturated heterocycles. The second kappa shape index (κ2) is 32.1. The Morgan fingerprint density at radius 3 is 0.721 bits per heavy atom. The van der Waals surface area contributed by atoms with Crippen molar-refractivity contribution in [3.05, 3.63) is 363 Å². The van der Waals surface area contributed by atoms with Gasteiger partial charge in [0.1, 0.15) is 23.0 Å². The summed E-state index contributed by atoms with van der Waals surface area (Å²) >= 11 is 0. The van der Waals surface area contributed by atoms with Crippen LogP contribution < -0.4 is 18.9 Å². The zero-order valence-electron chi connectivity index (χ0n) is 54.5. The molecule has 498 valence electrons. The number of carbonyl (C=O) groups excluding carboxylic acids is 4. The van der Waals surface area contributed by atoms with E-state index in [0.717, 1.165) is 44.5 Å². The monoisotopic (exact) mass is 1700 g/mol. The van der Waals surface area contributed by atoms with Gasteiger partial charge in [-0.25, -0.2) is 54.6 Å². The molecular formula is C88H50Ir2N6O8. The van der Waals surface area contributed by atoms with E-state index in [1.807, 2.05) is 158 Å². The van der Waals surface area contributed by atoms with Crippen molar-refractivity contribution in [2.24, 2.45) is 0 Å². The van der Waals surface area contributed by atoms with Gasteiger partial charge in [0, 0.05) is 12.4 Å². The standard InChI is InChI=1S/C88H50N6O8.2Ir/c95-85(99-71-35-41-81(91-53-71)57-17-5-1-6-18-57)67-45-65(46-68(49-67)86(96)100-72-36-42-82(92-54-72)58-19-7-2-8-20-58)77-27-15-13-25-75(77)63-33-39-79(89-51-63)61-29-31-62(32-30-61)80-40-34-64(52-90-80)76-26-14-16-28-78(76)66-47-69(87(97)101-73-37-43-83(93-55-73)59-21-9-3-10-22-59)50-70(48-66)88(98)102-74-38-44-84(94-56-74)60-23-11-4-12-24-60;;/h1-17,19,21,23,25-29,32-56H;;/q-6;2*+3. The number of aromatic nitrogens is 6. The van der Waals surface area contributed by atoms with Crippen LogP contribution in [0.15, 0.2) is 304 Å². The minimum atomic E-state index is -0.716. The predicted molar refractivity (Wildman–Crippen MR) is 386 cm³/mol. The van der Waals surface area contributed by atoms with Crippen molar-refractivity contribution in [2.75, 3.05) is 0 Å². The first-order chi connectivity index (χ1) is 50.1. The molecule has 15 rings (SSSR count). The molecular weight excluding hydrogens is 1650 g/mol. The molecule has 0 atom stereocenters. The Kier molecular flexibility index (Phi) is 21.5. The summed E-state index contributed by atoms with van der Waals surface area (Å²) in [4.78, 5) is 84.3. The number of hydrogen-bond acceptors (Lipinski definition) is 14. The zero-order chi connectivity index (χ0) is 69.1. The van der Waals surface area contributed by atoms with Gasteiger partial charge in [0.05, 0.1) is 47.0 Å². The summed E-state index contributed by atoms with van der Waals surface area (Å²) in [5.41, 5.74) is 14.3. The van der Waals surface area contributed by atoms with Gasteiger partial charge in [-0.1, -0.05) is 108 Å². The molecule has 0 radical (unpaired) electrons. The predicted octanol–water partition coefficient (Wildman–Crippen LogP) is 18.4. The number of carbonyl (C=O) groups is 4. The Balaban J connectivity index is 0.00000481. The van der Waals surface area contributed by atoms with Crippen LogP contribution in [-0.4, -0.2) is 53.8 Å². The molecule has 16 heteroatoms. The molecule has 0 unspecified atom stereocenters. The van der Waals surface area contributed by atoms with Crippen LogP contribution in [0.4, 0.5) is 0 Å². The first kappa shape index (κ1) is 69.5. The van der Waals surface area contributed by atoms with E-state index in [1.165, 1.54) is 36.9 Å². The molecule has 15 aromatic rings. The number of rotatable bonds is 18. The fraction of sp³-hybridized carbons (Fsp3) is 0. The van der Waals surface area contributed by atoms with Crippen LogP contribution in [0.25, 0.3) is 112 Å². The molecule has 0 N–H and O–H groups in total. The van der Waals surface area contributed by atoms with Crippen LogP contribution in [0, 0.1) is 36.4 Å². The van der Waals surface area contributed by atoms with E-state index in [2.05, 4.69) is 56.3 Å². The molecule has 0 aliphatic carbocycles. The Morgan fingerprint density at radius 1 is 0.240 bits per heavy atom. The molecule has 9 aromatic carbocycles. The van der Waals surface area contributed by atoms with Gasteiger partial charge >= 0.3 is 64.1 Å². The fourth-order valence-corrected chi connectivity index (χ4v) is 11.4. The first-order valence-electron chi connectivity index (χ1n) is 32.1. The van der Waals surface area contributed by atoms with Crippen molar-refractivity contribution < 1.29 is 78.3 Å². The maximum atomic E-state index is 14.1. The third-order valence-electron chi connectivity index (χ3n) is 16.5. The normalized spacial score (nSPS) is 10.7. The van der Waals surface area contributed by atoms with Gasteiger partial charge in [0.25, 0.3) is 0 Å². The molecule has 0 spiro atoms. The summed E-state index contributed by atoms with van der Waals surface area (Å²) < 4.78 is 23.5. The Labute approximate surface area is 625 Å². The van der Waals surface area contributed by atoms with Gasteiger partial charge in [-0.2, -0.15) is 0 Å². The molecule has 0 bridgehead atoms. The van der Waals surface area contributed by atoms with Gasteiger partial charge < -0.3 is 48.9 Å². The summed E-state index contributed by atoms with van der Waals surface area (Å²) in [6, 6.07) is 98.9. The number of ether oxygens (including phenoxy) is 4. The van der Waals surface area contributed by atoms with E-state index in [0.29, 0.717) is 67.5 Å².